The van der Waals surface area contributed by atoms with Crippen LogP contribution in [0, 0.1) is 12.2 Å². The molecule has 0 aromatic heterocycles. The topological polar surface area (TPSA) is 81.9 Å². The summed E-state index contributed by atoms with van der Waals surface area (Å²) in [5.74, 6) is -0.303. The van der Waals surface area contributed by atoms with Gasteiger partial charge in [-0.1, -0.05) is 12.1 Å². The zero-order valence-electron chi connectivity index (χ0n) is 13.4. The van der Waals surface area contributed by atoms with Crippen molar-refractivity contribution in [1.82, 2.24) is 4.90 Å². The van der Waals surface area contributed by atoms with E-state index in [9.17, 15) is 14.0 Å². The zero-order valence-corrected chi connectivity index (χ0v) is 13.4. The van der Waals surface area contributed by atoms with E-state index in [2.05, 4.69) is 4.74 Å². The van der Waals surface area contributed by atoms with E-state index >= 15 is 0 Å². The van der Waals surface area contributed by atoms with Crippen molar-refractivity contribution >= 4 is 12.0 Å². The van der Waals surface area contributed by atoms with Gasteiger partial charge in [-0.2, -0.15) is 0 Å². The molecule has 24 heavy (non-hydrogen) atoms. The number of halogens is 1. The molecule has 2 N–H and O–H groups in total. The molecule has 0 bridgehead atoms. The molecule has 1 aromatic carbocycles. The molecule has 0 atom stereocenters. The number of hydrogen-bond donors (Lipinski definition) is 1. The van der Waals surface area contributed by atoms with E-state index in [1.165, 1.54) is 12.1 Å². The Labute approximate surface area is 140 Å². The Balaban J connectivity index is 1.63. The molecule has 2 amide bonds. The molecule has 0 aliphatic carbocycles. The van der Waals surface area contributed by atoms with Crippen LogP contribution in [0.5, 0.6) is 0 Å². The van der Waals surface area contributed by atoms with Crippen molar-refractivity contribution < 1.29 is 23.5 Å². The van der Waals surface area contributed by atoms with Gasteiger partial charge in [-0.05, 0) is 37.0 Å². The maximum absolute atomic E-state index is 12.8. The normalized spacial score (nSPS) is 15.3. The second-order valence-electron chi connectivity index (χ2n) is 5.60. The molecule has 1 heterocycles. The lowest BCUT2D eigenvalue weighted by Crippen LogP contribution is -2.41. The lowest BCUT2D eigenvalue weighted by Gasteiger charge is -2.32. The van der Waals surface area contributed by atoms with Gasteiger partial charge in [0, 0.05) is 13.1 Å². The monoisotopic (exact) mass is 337 g/mol. The van der Waals surface area contributed by atoms with Crippen molar-refractivity contribution in [1.29, 1.82) is 0 Å². The standard InChI is InChI=1S/C17H22FN2O4/c18-14-4-1-13(2-5-14)3-6-16(21)20-9-7-15(8-10-20)23-11-12-24-17(19)22/h1-2,4-6,15H,3,7-12H2,(H2,19,22). The van der Waals surface area contributed by atoms with E-state index in [0.717, 1.165) is 18.4 Å². The molecule has 2 rings (SSSR count). The van der Waals surface area contributed by atoms with E-state index < -0.39 is 6.09 Å². The van der Waals surface area contributed by atoms with Crippen LogP contribution in [0.4, 0.5) is 9.18 Å². The Kier molecular flexibility index (Phi) is 6.99. The van der Waals surface area contributed by atoms with E-state index in [4.69, 9.17) is 10.5 Å². The predicted molar refractivity (Wildman–Crippen MR) is 85.5 cm³/mol. The highest BCUT2D eigenvalue weighted by Gasteiger charge is 2.23. The summed E-state index contributed by atoms with van der Waals surface area (Å²) in [6.07, 6.45) is 2.84. The van der Waals surface area contributed by atoms with Crippen LogP contribution in [0.1, 0.15) is 18.4 Å². The molecule has 1 aliphatic heterocycles. The summed E-state index contributed by atoms with van der Waals surface area (Å²) in [5, 5.41) is 0. The lowest BCUT2D eigenvalue weighted by molar-refractivity contribution is -0.130. The maximum Gasteiger partial charge on any atom is 0.404 e. The van der Waals surface area contributed by atoms with Crippen LogP contribution in [0.2, 0.25) is 0 Å². The number of piperidine rings is 1. The van der Waals surface area contributed by atoms with Gasteiger partial charge in [-0.3, -0.25) is 4.79 Å². The minimum absolute atomic E-state index is 0.0187. The molecular weight excluding hydrogens is 315 g/mol. The minimum atomic E-state index is -0.810. The van der Waals surface area contributed by atoms with Gasteiger partial charge in [-0.25, -0.2) is 9.18 Å². The first-order valence-electron chi connectivity index (χ1n) is 7.95. The molecule has 1 aliphatic rings. The Morgan fingerprint density at radius 2 is 1.88 bits per heavy atom. The summed E-state index contributed by atoms with van der Waals surface area (Å²) in [7, 11) is 0. The minimum Gasteiger partial charge on any atom is -0.447 e. The first kappa shape index (κ1) is 18.2. The number of likely N-dealkylation sites (tertiary alicyclic amines) is 1. The summed E-state index contributed by atoms with van der Waals surface area (Å²) in [4.78, 5) is 24.4. The number of hydrogen-bond acceptors (Lipinski definition) is 4. The van der Waals surface area contributed by atoms with Crippen LogP contribution in [0.3, 0.4) is 0 Å². The largest absolute Gasteiger partial charge is 0.447 e. The zero-order chi connectivity index (χ0) is 17.4. The lowest BCUT2D eigenvalue weighted by atomic mass is 10.1. The van der Waals surface area contributed by atoms with Gasteiger partial charge < -0.3 is 20.1 Å². The third-order valence-corrected chi connectivity index (χ3v) is 3.86. The van der Waals surface area contributed by atoms with Gasteiger partial charge >= 0.3 is 6.09 Å². The maximum atomic E-state index is 12.8. The number of carbonyl (C=O) groups excluding carboxylic acids is 2. The molecule has 7 heteroatoms. The van der Waals surface area contributed by atoms with E-state index in [-0.39, 0.29) is 24.4 Å². The number of ether oxygens (including phenoxy) is 2. The predicted octanol–water partition coefficient (Wildman–Crippen LogP) is 1.68. The number of rotatable bonds is 7. The fourth-order valence-corrected chi connectivity index (χ4v) is 2.55. The SMILES string of the molecule is NC(=O)OCCOC1CCN(C(=O)[CH]Cc2ccc(F)cc2)CC1. The smallest absolute Gasteiger partial charge is 0.404 e. The molecule has 0 unspecified atom stereocenters. The average Bonchev–Trinajstić information content (AvgIpc) is 2.58. The highest BCUT2D eigenvalue weighted by atomic mass is 19.1. The Morgan fingerprint density at radius 3 is 2.50 bits per heavy atom. The first-order chi connectivity index (χ1) is 11.5. The molecular formula is C17H22FN2O4. The fraction of sp³-hybridized carbons (Fsp3) is 0.471. The van der Waals surface area contributed by atoms with Crippen LogP contribution in [-0.4, -0.2) is 49.3 Å². The second kappa shape index (κ2) is 9.22. The third-order valence-electron chi connectivity index (χ3n) is 3.86. The first-order valence-corrected chi connectivity index (χ1v) is 7.95. The highest BCUT2D eigenvalue weighted by molar-refractivity contribution is 5.85. The van der Waals surface area contributed by atoms with Crippen LogP contribution >= 0.6 is 0 Å². The van der Waals surface area contributed by atoms with Gasteiger partial charge in [0.15, 0.2) is 0 Å². The van der Waals surface area contributed by atoms with Gasteiger partial charge in [0.05, 0.1) is 19.1 Å². The summed E-state index contributed by atoms with van der Waals surface area (Å²) >= 11 is 0. The third kappa shape index (κ3) is 6.16. The van der Waals surface area contributed by atoms with Crippen molar-refractivity contribution in [2.45, 2.75) is 25.4 Å². The quantitative estimate of drug-likeness (QED) is 0.768. The highest BCUT2D eigenvalue weighted by Crippen LogP contribution is 2.15. The number of benzene rings is 1. The molecule has 0 saturated carbocycles. The molecule has 0 spiro atoms. The molecule has 1 saturated heterocycles. The van der Waals surface area contributed by atoms with Crippen LogP contribution in [0.25, 0.3) is 0 Å². The van der Waals surface area contributed by atoms with Gasteiger partial charge in [0.1, 0.15) is 12.4 Å². The second-order valence-corrected chi connectivity index (χ2v) is 5.60. The van der Waals surface area contributed by atoms with Crippen molar-refractivity contribution in [3.05, 3.63) is 42.1 Å². The van der Waals surface area contributed by atoms with E-state index in [1.54, 1.807) is 23.5 Å². The molecule has 1 aromatic rings. The van der Waals surface area contributed by atoms with Crippen molar-refractivity contribution in [3.63, 3.8) is 0 Å². The number of nitrogens with zero attached hydrogens (tertiary/aromatic N) is 1. The molecule has 1 radical (unpaired) electrons. The van der Waals surface area contributed by atoms with Crippen molar-refractivity contribution in [2.24, 2.45) is 5.73 Å². The van der Waals surface area contributed by atoms with Crippen LogP contribution in [0.15, 0.2) is 24.3 Å². The Morgan fingerprint density at radius 1 is 1.21 bits per heavy atom. The average molecular weight is 337 g/mol. The van der Waals surface area contributed by atoms with Gasteiger partial charge in [0.2, 0.25) is 5.91 Å². The van der Waals surface area contributed by atoms with Gasteiger partial charge in [0.25, 0.3) is 0 Å². The van der Waals surface area contributed by atoms with Crippen LogP contribution in [-0.2, 0) is 20.7 Å². The van der Waals surface area contributed by atoms with Gasteiger partial charge in [-0.15, -0.1) is 0 Å². The number of carbonyl (C=O) groups is 2. The Hall–Kier alpha value is -2.15. The van der Waals surface area contributed by atoms with Crippen molar-refractivity contribution in [3.8, 4) is 0 Å². The molecule has 1 fully saturated rings. The summed E-state index contributed by atoms with van der Waals surface area (Å²) in [5.41, 5.74) is 5.76. The summed E-state index contributed by atoms with van der Waals surface area (Å²) in [6, 6.07) is 6.12. The van der Waals surface area contributed by atoms with Crippen LogP contribution < -0.4 is 5.73 Å². The van der Waals surface area contributed by atoms with E-state index in [0.29, 0.717) is 26.1 Å². The summed E-state index contributed by atoms with van der Waals surface area (Å²) < 4.78 is 23.0. The number of primary amides is 1. The molecule has 131 valence electrons. The molecule has 6 nitrogen and oxygen atoms in total. The fourth-order valence-electron chi connectivity index (χ4n) is 2.55. The number of amides is 2. The number of nitrogens with two attached hydrogens (primary N) is 1. The Bertz CT molecular complexity index is 542. The summed E-state index contributed by atoms with van der Waals surface area (Å²) in [6.45, 7) is 1.69. The van der Waals surface area contributed by atoms with Crippen molar-refractivity contribution in [2.75, 3.05) is 26.3 Å². The van der Waals surface area contributed by atoms with E-state index in [1.807, 2.05) is 0 Å².